The van der Waals surface area contributed by atoms with Gasteiger partial charge in [0, 0.05) is 40.2 Å². The number of nitrogens with one attached hydrogen (secondary N) is 2. The summed E-state index contributed by atoms with van der Waals surface area (Å²) in [5.74, 6) is 0.299. The van der Waals surface area contributed by atoms with Gasteiger partial charge in [-0.15, -0.1) is 0 Å². The number of H-pyrrole nitrogens is 2. The third-order valence-electron chi connectivity index (χ3n) is 10.1. The summed E-state index contributed by atoms with van der Waals surface area (Å²) in [5.41, 5.74) is 20.4. The number of halogens is 4. The number of para-hydroxylation sites is 2. The van der Waals surface area contributed by atoms with Crippen molar-refractivity contribution in [3.8, 4) is 22.4 Å². The molecule has 58 heavy (non-hydrogen) atoms. The van der Waals surface area contributed by atoms with Crippen LogP contribution in [0.2, 0.25) is 0 Å². The van der Waals surface area contributed by atoms with Crippen molar-refractivity contribution in [1.29, 1.82) is 0 Å². The second kappa shape index (κ2) is 21.6. The van der Waals surface area contributed by atoms with E-state index in [1.54, 1.807) is 13.0 Å². The Balaban J connectivity index is 0.000000179. The molecular weight excluding hydrogens is 737 g/mol. The van der Waals surface area contributed by atoms with Crippen LogP contribution in [0.15, 0.2) is 127 Å². The Morgan fingerprint density at radius 3 is 1.84 bits per heavy atom. The van der Waals surface area contributed by atoms with E-state index in [1.165, 1.54) is 16.5 Å². The number of primary amides is 1. The minimum absolute atomic E-state index is 0.171. The molecule has 7 aromatic rings. The number of hydrogen-bond donors (Lipinski definition) is 4. The molecule has 1 amide bonds. The Labute approximate surface area is 338 Å². The molecule has 2 aromatic heterocycles. The van der Waals surface area contributed by atoms with Crippen LogP contribution in [0, 0.1) is 12.7 Å². The lowest BCUT2D eigenvalue weighted by atomic mass is 9.97. The van der Waals surface area contributed by atoms with E-state index in [9.17, 15) is 22.4 Å². The number of rotatable bonds is 15. The summed E-state index contributed by atoms with van der Waals surface area (Å²) >= 11 is 0. The van der Waals surface area contributed by atoms with Gasteiger partial charge < -0.3 is 21.4 Å². The fraction of sp³-hybridized carbons (Fsp3) is 0.286. The standard InChI is InChI=1S/C21H16FN.C20H30F3NO.C8H8N2/c1-14-13-16(11-12-18(14)22)20-17-9-5-6-10-19(17)23-21(20)15-7-3-2-4-8-15;21-20(22,23)16-7-5-3-1-2-4-6-9-17-12-14-18(15-13-17)10-8-11-19(24)25;9-8-5-6-3-1-2-4-7(6)10-8/h2-13,23H,1H3;12-15H,1-11,16H2,(H2,24,25);1-5,10H,9H2. The molecule has 0 saturated carbocycles. The first-order valence-electron chi connectivity index (χ1n) is 20.2. The van der Waals surface area contributed by atoms with Crippen LogP contribution >= 0.6 is 0 Å². The van der Waals surface area contributed by atoms with Gasteiger partial charge in [-0.3, -0.25) is 4.79 Å². The third kappa shape index (κ3) is 13.7. The predicted octanol–water partition coefficient (Wildman–Crippen LogP) is 13.4. The predicted molar refractivity (Wildman–Crippen MR) is 232 cm³/mol. The molecule has 0 saturated heterocycles. The molecule has 0 fully saturated rings. The molecule has 5 aromatic carbocycles. The van der Waals surface area contributed by atoms with E-state index in [1.807, 2.05) is 72.8 Å². The Hall–Kier alpha value is -5.83. The molecule has 0 aliphatic carbocycles. The van der Waals surface area contributed by atoms with Crippen LogP contribution in [0.1, 0.15) is 80.9 Å². The van der Waals surface area contributed by atoms with E-state index in [-0.39, 0.29) is 18.1 Å². The van der Waals surface area contributed by atoms with Gasteiger partial charge in [-0.1, -0.05) is 129 Å². The van der Waals surface area contributed by atoms with E-state index in [4.69, 9.17) is 11.5 Å². The highest BCUT2D eigenvalue weighted by atomic mass is 19.4. The highest BCUT2D eigenvalue weighted by molar-refractivity contribution is 6.03. The molecule has 0 unspecified atom stereocenters. The number of nitrogen functional groups attached to an aromatic ring is 1. The van der Waals surface area contributed by atoms with Crippen LogP contribution in [0.4, 0.5) is 23.4 Å². The summed E-state index contributed by atoms with van der Waals surface area (Å²) in [6.07, 6.45) is 4.67. The van der Waals surface area contributed by atoms with Gasteiger partial charge in [0.25, 0.3) is 0 Å². The average Bonchev–Trinajstić information content (AvgIpc) is 3.79. The molecule has 0 atom stereocenters. The molecule has 0 aliphatic rings. The number of nitrogens with two attached hydrogens (primary N) is 2. The largest absolute Gasteiger partial charge is 0.389 e. The van der Waals surface area contributed by atoms with E-state index in [2.05, 4.69) is 58.5 Å². The van der Waals surface area contributed by atoms with Crippen molar-refractivity contribution in [3.05, 3.63) is 150 Å². The van der Waals surface area contributed by atoms with Crippen molar-refractivity contribution in [2.75, 3.05) is 5.73 Å². The summed E-state index contributed by atoms with van der Waals surface area (Å²) in [4.78, 5) is 17.3. The number of aryl methyl sites for hydroxylation is 3. The summed E-state index contributed by atoms with van der Waals surface area (Å²) in [5, 5.41) is 2.32. The molecule has 7 rings (SSSR count). The van der Waals surface area contributed by atoms with Gasteiger partial charge in [0.1, 0.15) is 11.6 Å². The number of hydrogen-bond acceptors (Lipinski definition) is 2. The second-order valence-electron chi connectivity index (χ2n) is 14.8. The van der Waals surface area contributed by atoms with Gasteiger partial charge >= 0.3 is 6.18 Å². The average molecular weight is 791 g/mol. The quantitative estimate of drug-likeness (QED) is 0.0614. The highest BCUT2D eigenvalue weighted by Crippen LogP contribution is 2.38. The van der Waals surface area contributed by atoms with Crippen molar-refractivity contribution in [3.63, 3.8) is 0 Å². The first kappa shape index (κ1) is 43.3. The van der Waals surface area contributed by atoms with Gasteiger partial charge in [0.2, 0.25) is 5.91 Å². The molecule has 0 bridgehead atoms. The fourth-order valence-corrected chi connectivity index (χ4v) is 7.04. The SMILES string of the molecule is Cc1cc(-c2c(-c3ccccc3)[nH]c3ccccc23)ccc1F.NC(=O)CCCc1ccc(CCCCCCCCCC(F)(F)F)cc1.Nc1cc2ccccc2[nH]1. The van der Waals surface area contributed by atoms with Crippen molar-refractivity contribution in [2.45, 2.75) is 90.1 Å². The Morgan fingerprint density at radius 1 is 0.621 bits per heavy atom. The topological polar surface area (TPSA) is 101 Å². The first-order valence-corrected chi connectivity index (χ1v) is 20.2. The number of carbonyl (C=O) groups excluding carboxylic acids is 1. The van der Waals surface area contributed by atoms with Crippen LogP contribution in [0.25, 0.3) is 44.2 Å². The number of anilines is 1. The molecular formula is C49H54F4N4O. The molecule has 5 nitrogen and oxygen atoms in total. The maximum absolute atomic E-state index is 13.7. The lowest BCUT2D eigenvalue weighted by Gasteiger charge is -2.07. The van der Waals surface area contributed by atoms with Crippen molar-refractivity contribution in [2.24, 2.45) is 5.73 Å². The lowest BCUT2D eigenvalue weighted by molar-refractivity contribution is -0.135. The van der Waals surface area contributed by atoms with Crippen molar-refractivity contribution < 1.29 is 22.4 Å². The Kier molecular flexibility index (Phi) is 16.1. The number of aromatic nitrogens is 2. The molecule has 0 spiro atoms. The van der Waals surface area contributed by atoms with Crippen LogP contribution < -0.4 is 11.5 Å². The summed E-state index contributed by atoms with van der Waals surface area (Å²) in [6, 6.07) is 42.2. The van der Waals surface area contributed by atoms with Crippen molar-refractivity contribution in [1.82, 2.24) is 9.97 Å². The lowest BCUT2D eigenvalue weighted by Crippen LogP contribution is -2.10. The zero-order chi connectivity index (χ0) is 41.3. The third-order valence-corrected chi connectivity index (χ3v) is 10.1. The van der Waals surface area contributed by atoms with Gasteiger partial charge in [-0.2, -0.15) is 13.2 Å². The van der Waals surface area contributed by atoms with Gasteiger partial charge in [-0.05, 0) is 97.2 Å². The summed E-state index contributed by atoms with van der Waals surface area (Å²) in [7, 11) is 0. The zero-order valence-electron chi connectivity index (χ0n) is 33.2. The molecule has 0 aliphatic heterocycles. The van der Waals surface area contributed by atoms with Gasteiger partial charge in [0.15, 0.2) is 0 Å². The van der Waals surface area contributed by atoms with E-state index < -0.39 is 12.6 Å². The number of amides is 1. The molecule has 9 heteroatoms. The van der Waals surface area contributed by atoms with Crippen LogP contribution in [0.5, 0.6) is 0 Å². The van der Waals surface area contributed by atoms with Crippen LogP contribution in [-0.4, -0.2) is 22.1 Å². The van der Waals surface area contributed by atoms with Crippen LogP contribution in [0.3, 0.4) is 0 Å². The van der Waals surface area contributed by atoms with Crippen molar-refractivity contribution >= 4 is 33.5 Å². The second-order valence-corrected chi connectivity index (χ2v) is 14.8. The highest BCUT2D eigenvalue weighted by Gasteiger charge is 2.25. The Morgan fingerprint density at radius 2 is 1.21 bits per heavy atom. The Bertz CT molecular complexity index is 2280. The van der Waals surface area contributed by atoms with E-state index >= 15 is 0 Å². The number of carbonyl (C=O) groups is 1. The van der Waals surface area contributed by atoms with Gasteiger partial charge in [-0.25, -0.2) is 4.39 Å². The zero-order valence-corrected chi connectivity index (χ0v) is 33.2. The van der Waals surface area contributed by atoms with E-state index in [0.717, 1.165) is 96.0 Å². The monoisotopic (exact) mass is 790 g/mol. The molecule has 0 radical (unpaired) electrons. The molecule has 2 heterocycles. The fourth-order valence-electron chi connectivity index (χ4n) is 7.04. The number of alkyl halides is 3. The first-order chi connectivity index (χ1) is 28.0. The minimum atomic E-state index is -4.00. The molecule has 304 valence electrons. The summed E-state index contributed by atoms with van der Waals surface area (Å²) < 4.78 is 49.6. The van der Waals surface area contributed by atoms with Crippen LogP contribution in [-0.2, 0) is 17.6 Å². The van der Waals surface area contributed by atoms with E-state index in [0.29, 0.717) is 18.4 Å². The summed E-state index contributed by atoms with van der Waals surface area (Å²) in [6.45, 7) is 1.80. The molecule has 6 N–H and O–H groups in total. The number of aromatic amines is 2. The number of benzene rings is 5. The number of fused-ring (bicyclic) bond motifs is 2. The number of unbranched alkanes of at least 4 members (excludes halogenated alkanes) is 6. The maximum Gasteiger partial charge on any atom is 0.389 e. The normalized spacial score (nSPS) is 11.2. The van der Waals surface area contributed by atoms with Gasteiger partial charge in [0.05, 0.1) is 5.69 Å². The maximum atomic E-state index is 13.7. The minimum Gasteiger partial charge on any atom is -0.385 e. The smallest absolute Gasteiger partial charge is 0.385 e.